The number of hydrogen-bond acceptors (Lipinski definition) is 4. The highest BCUT2D eigenvalue weighted by Crippen LogP contribution is 2.18. The minimum absolute atomic E-state index is 0.188. The van der Waals surface area contributed by atoms with Gasteiger partial charge in [-0.3, -0.25) is 0 Å². The van der Waals surface area contributed by atoms with Crippen LogP contribution >= 0.6 is 0 Å². The summed E-state index contributed by atoms with van der Waals surface area (Å²) >= 11 is 0. The second-order valence-corrected chi connectivity index (χ2v) is 5.64. The Morgan fingerprint density at radius 3 is 2.74 bits per heavy atom. The molecule has 0 bridgehead atoms. The summed E-state index contributed by atoms with van der Waals surface area (Å²) < 4.78 is 5.39. The van der Waals surface area contributed by atoms with Crippen molar-refractivity contribution in [3.8, 4) is 0 Å². The van der Waals surface area contributed by atoms with Crippen LogP contribution in [0.15, 0.2) is 18.3 Å². The molecule has 0 amide bonds. The standard InChI is InChI=1S/C15H25N3O/c1-12(16)9-14-3-4-15(17-10-14)18(2)11-13-5-7-19-8-6-13/h3-4,10,12-13H,5-9,11,16H2,1-2H3. The van der Waals surface area contributed by atoms with E-state index in [0.29, 0.717) is 0 Å². The Hall–Kier alpha value is -1.13. The average molecular weight is 263 g/mol. The molecule has 0 aliphatic carbocycles. The number of anilines is 1. The third-order valence-corrected chi connectivity index (χ3v) is 3.63. The Balaban J connectivity index is 1.89. The largest absolute Gasteiger partial charge is 0.381 e. The summed E-state index contributed by atoms with van der Waals surface area (Å²) in [5.41, 5.74) is 7.00. The number of hydrogen-bond donors (Lipinski definition) is 1. The zero-order valence-electron chi connectivity index (χ0n) is 12.0. The van der Waals surface area contributed by atoms with Crippen molar-refractivity contribution in [2.75, 3.05) is 31.7 Å². The fourth-order valence-corrected chi connectivity index (χ4v) is 2.54. The predicted octanol–water partition coefficient (Wildman–Crippen LogP) is 1.83. The molecule has 1 aromatic heterocycles. The monoisotopic (exact) mass is 263 g/mol. The molecule has 2 rings (SSSR count). The van der Waals surface area contributed by atoms with E-state index in [-0.39, 0.29) is 6.04 Å². The van der Waals surface area contributed by atoms with Gasteiger partial charge in [-0.05, 0) is 43.7 Å². The van der Waals surface area contributed by atoms with Gasteiger partial charge in [0.05, 0.1) is 0 Å². The lowest BCUT2D eigenvalue weighted by Crippen LogP contribution is -2.30. The van der Waals surface area contributed by atoms with Gasteiger partial charge in [0, 0.05) is 39.0 Å². The minimum atomic E-state index is 0.188. The van der Waals surface area contributed by atoms with E-state index in [0.717, 1.165) is 50.8 Å². The molecule has 4 heteroatoms. The summed E-state index contributed by atoms with van der Waals surface area (Å²) in [6.45, 7) is 4.88. The summed E-state index contributed by atoms with van der Waals surface area (Å²) in [6.07, 6.45) is 5.15. The molecule has 1 aliphatic rings. The lowest BCUT2D eigenvalue weighted by molar-refractivity contribution is 0.0685. The lowest BCUT2D eigenvalue weighted by Gasteiger charge is -2.27. The second kappa shape index (κ2) is 6.87. The molecule has 0 aromatic carbocycles. The van der Waals surface area contributed by atoms with Crippen LogP contribution in [0, 0.1) is 5.92 Å². The topological polar surface area (TPSA) is 51.4 Å². The highest BCUT2D eigenvalue weighted by molar-refractivity contribution is 5.38. The number of nitrogens with two attached hydrogens (primary N) is 1. The maximum absolute atomic E-state index is 5.80. The Labute approximate surface area is 116 Å². The van der Waals surface area contributed by atoms with E-state index >= 15 is 0 Å². The summed E-state index contributed by atoms with van der Waals surface area (Å²) in [4.78, 5) is 6.78. The molecular weight excluding hydrogens is 238 g/mol. The molecule has 1 fully saturated rings. The molecule has 1 aliphatic heterocycles. The molecule has 1 atom stereocenters. The van der Waals surface area contributed by atoms with E-state index in [1.54, 1.807) is 0 Å². The van der Waals surface area contributed by atoms with Crippen molar-refractivity contribution in [2.45, 2.75) is 32.2 Å². The molecule has 0 spiro atoms. The third kappa shape index (κ3) is 4.48. The lowest BCUT2D eigenvalue weighted by atomic mass is 10.00. The van der Waals surface area contributed by atoms with Gasteiger partial charge < -0.3 is 15.4 Å². The smallest absolute Gasteiger partial charge is 0.128 e. The highest BCUT2D eigenvalue weighted by atomic mass is 16.5. The maximum atomic E-state index is 5.80. The number of nitrogens with zero attached hydrogens (tertiary/aromatic N) is 2. The van der Waals surface area contributed by atoms with Crippen molar-refractivity contribution in [3.63, 3.8) is 0 Å². The third-order valence-electron chi connectivity index (χ3n) is 3.63. The maximum Gasteiger partial charge on any atom is 0.128 e. The molecular formula is C15H25N3O. The van der Waals surface area contributed by atoms with Crippen molar-refractivity contribution in [2.24, 2.45) is 11.7 Å². The van der Waals surface area contributed by atoms with Gasteiger partial charge in [0.25, 0.3) is 0 Å². The van der Waals surface area contributed by atoms with Gasteiger partial charge >= 0.3 is 0 Å². The zero-order valence-corrected chi connectivity index (χ0v) is 12.0. The highest BCUT2D eigenvalue weighted by Gasteiger charge is 2.16. The van der Waals surface area contributed by atoms with Crippen molar-refractivity contribution in [1.29, 1.82) is 0 Å². The van der Waals surface area contributed by atoms with Crippen LogP contribution in [0.2, 0.25) is 0 Å². The first-order chi connectivity index (χ1) is 9.15. The summed E-state index contributed by atoms with van der Waals surface area (Å²) in [5.74, 6) is 1.77. The van der Waals surface area contributed by atoms with Crippen LogP contribution in [0.4, 0.5) is 5.82 Å². The Morgan fingerprint density at radius 2 is 2.16 bits per heavy atom. The number of pyridine rings is 1. The first-order valence-corrected chi connectivity index (χ1v) is 7.14. The van der Waals surface area contributed by atoms with Crippen molar-refractivity contribution in [3.05, 3.63) is 23.9 Å². The molecule has 2 heterocycles. The van der Waals surface area contributed by atoms with Crippen LogP contribution in [0.5, 0.6) is 0 Å². The molecule has 19 heavy (non-hydrogen) atoms. The molecule has 2 N–H and O–H groups in total. The molecule has 0 radical (unpaired) electrons. The van der Waals surface area contributed by atoms with Crippen LogP contribution in [0.3, 0.4) is 0 Å². The van der Waals surface area contributed by atoms with Gasteiger partial charge in [0.1, 0.15) is 5.82 Å². The fraction of sp³-hybridized carbons (Fsp3) is 0.667. The normalized spacial score (nSPS) is 18.3. The first-order valence-electron chi connectivity index (χ1n) is 7.14. The summed E-state index contributed by atoms with van der Waals surface area (Å²) in [7, 11) is 2.11. The van der Waals surface area contributed by atoms with Crippen LogP contribution in [0.1, 0.15) is 25.3 Å². The van der Waals surface area contributed by atoms with Gasteiger partial charge in [-0.1, -0.05) is 6.07 Å². The number of aromatic nitrogens is 1. The SMILES string of the molecule is CC(N)Cc1ccc(N(C)CC2CCOCC2)nc1. The van der Waals surface area contributed by atoms with E-state index < -0.39 is 0 Å². The van der Waals surface area contributed by atoms with Crippen molar-refractivity contribution >= 4 is 5.82 Å². The first kappa shape index (κ1) is 14.3. The Kier molecular flexibility index (Phi) is 5.16. The summed E-state index contributed by atoms with van der Waals surface area (Å²) in [5, 5.41) is 0. The van der Waals surface area contributed by atoms with Gasteiger partial charge in [-0.25, -0.2) is 4.98 Å². The molecule has 0 saturated carbocycles. The predicted molar refractivity (Wildman–Crippen MR) is 78.4 cm³/mol. The van der Waals surface area contributed by atoms with E-state index in [4.69, 9.17) is 10.5 Å². The van der Waals surface area contributed by atoms with Crippen LogP contribution < -0.4 is 10.6 Å². The fourth-order valence-electron chi connectivity index (χ4n) is 2.54. The quantitative estimate of drug-likeness (QED) is 0.880. The van der Waals surface area contributed by atoms with Gasteiger partial charge in [0.2, 0.25) is 0 Å². The Bertz CT molecular complexity index is 371. The van der Waals surface area contributed by atoms with Crippen molar-refractivity contribution in [1.82, 2.24) is 4.98 Å². The number of ether oxygens (including phenoxy) is 1. The second-order valence-electron chi connectivity index (χ2n) is 5.64. The Morgan fingerprint density at radius 1 is 1.42 bits per heavy atom. The molecule has 1 aromatic rings. The minimum Gasteiger partial charge on any atom is -0.381 e. The van der Waals surface area contributed by atoms with E-state index in [1.165, 1.54) is 5.56 Å². The molecule has 1 unspecified atom stereocenters. The van der Waals surface area contributed by atoms with Crippen LogP contribution in [-0.4, -0.2) is 37.8 Å². The molecule has 4 nitrogen and oxygen atoms in total. The van der Waals surface area contributed by atoms with Gasteiger partial charge in [0.15, 0.2) is 0 Å². The zero-order chi connectivity index (χ0) is 13.7. The molecule has 1 saturated heterocycles. The van der Waals surface area contributed by atoms with Crippen molar-refractivity contribution < 1.29 is 4.74 Å². The number of rotatable bonds is 5. The van der Waals surface area contributed by atoms with E-state index in [1.807, 2.05) is 13.1 Å². The average Bonchev–Trinajstić information content (AvgIpc) is 2.40. The van der Waals surface area contributed by atoms with E-state index in [9.17, 15) is 0 Å². The molecule has 106 valence electrons. The van der Waals surface area contributed by atoms with E-state index in [2.05, 4.69) is 29.1 Å². The summed E-state index contributed by atoms with van der Waals surface area (Å²) in [6, 6.07) is 4.41. The van der Waals surface area contributed by atoms with Crippen LogP contribution in [-0.2, 0) is 11.2 Å². The van der Waals surface area contributed by atoms with Crippen LogP contribution in [0.25, 0.3) is 0 Å². The van der Waals surface area contributed by atoms with Gasteiger partial charge in [-0.15, -0.1) is 0 Å². The van der Waals surface area contributed by atoms with Gasteiger partial charge in [-0.2, -0.15) is 0 Å².